The van der Waals surface area contributed by atoms with Crippen molar-refractivity contribution in [3.8, 4) is 0 Å². The Hall–Kier alpha value is -2.39. The number of ether oxygens (including phenoxy) is 1. The van der Waals surface area contributed by atoms with Gasteiger partial charge in [0.05, 0.1) is 30.2 Å². The Kier molecular flexibility index (Phi) is 5.34. The second kappa shape index (κ2) is 7.66. The number of aryl methyl sites for hydroxylation is 2. The second-order valence-corrected chi connectivity index (χ2v) is 6.07. The molecule has 2 aromatic rings. The Bertz CT molecular complexity index is 725. The molecule has 3 heterocycles. The smallest absolute Gasteiger partial charge is 0.317 e. The SMILES string of the molecule is COCCNC(=O)N1CCCn2nc([C@H](O)c3ccnn3C)cc2C1. The van der Waals surface area contributed by atoms with E-state index in [0.29, 0.717) is 37.6 Å². The molecule has 0 aliphatic carbocycles. The molecule has 0 radical (unpaired) electrons. The van der Waals surface area contributed by atoms with Crippen LogP contribution >= 0.6 is 0 Å². The maximum Gasteiger partial charge on any atom is 0.317 e. The monoisotopic (exact) mass is 348 g/mol. The standard InChI is InChI=1S/C16H24N6O3/c1-20-14(4-5-18-20)15(23)13-10-12-11-21(7-3-8-22(12)19-13)16(24)17-6-9-25-2/h4-5,10,15,23H,3,6-9,11H2,1-2H3,(H,17,24)/t15-/m0/s1. The Morgan fingerprint density at radius 3 is 3.04 bits per heavy atom. The number of fused-ring (bicyclic) bond motifs is 1. The van der Waals surface area contributed by atoms with Crippen LogP contribution in [-0.2, 0) is 24.9 Å². The summed E-state index contributed by atoms with van der Waals surface area (Å²) in [4.78, 5) is 14.0. The number of hydrogen-bond donors (Lipinski definition) is 2. The molecule has 2 amide bonds. The Morgan fingerprint density at radius 1 is 1.48 bits per heavy atom. The summed E-state index contributed by atoms with van der Waals surface area (Å²) >= 11 is 0. The van der Waals surface area contributed by atoms with Gasteiger partial charge in [-0.1, -0.05) is 0 Å². The zero-order valence-corrected chi connectivity index (χ0v) is 14.6. The van der Waals surface area contributed by atoms with E-state index in [1.54, 1.807) is 36.0 Å². The highest BCUT2D eigenvalue weighted by molar-refractivity contribution is 5.74. The molecule has 0 saturated carbocycles. The van der Waals surface area contributed by atoms with Crippen molar-refractivity contribution in [1.29, 1.82) is 0 Å². The molecule has 0 bridgehead atoms. The van der Waals surface area contributed by atoms with Gasteiger partial charge in [0.1, 0.15) is 6.10 Å². The lowest BCUT2D eigenvalue weighted by Crippen LogP contribution is -2.40. The van der Waals surface area contributed by atoms with Crippen LogP contribution in [0.4, 0.5) is 4.79 Å². The number of carbonyl (C=O) groups excluding carboxylic acids is 1. The molecule has 3 rings (SSSR count). The molecule has 25 heavy (non-hydrogen) atoms. The lowest BCUT2D eigenvalue weighted by Gasteiger charge is -2.20. The third kappa shape index (κ3) is 3.83. The first-order chi connectivity index (χ1) is 12.1. The molecule has 1 aliphatic rings. The summed E-state index contributed by atoms with van der Waals surface area (Å²) in [7, 11) is 3.39. The molecule has 0 unspecified atom stereocenters. The number of hydrogen-bond acceptors (Lipinski definition) is 5. The average Bonchev–Trinajstić information content (AvgIpc) is 3.15. The summed E-state index contributed by atoms with van der Waals surface area (Å²) in [5.74, 6) is 0. The molecular formula is C16H24N6O3. The van der Waals surface area contributed by atoms with Gasteiger partial charge in [0.15, 0.2) is 0 Å². The Balaban J connectivity index is 1.72. The van der Waals surface area contributed by atoms with Gasteiger partial charge in [0, 0.05) is 40.0 Å². The van der Waals surface area contributed by atoms with Crippen LogP contribution in [0, 0.1) is 0 Å². The molecule has 0 fully saturated rings. The minimum absolute atomic E-state index is 0.111. The van der Waals surface area contributed by atoms with Gasteiger partial charge in [0.25, 0.3) is 0 Å². The average molecular weight is 348 g/mol. The van der Waals surface area contributed by atoms with Crippen molar-refractivity contribution in [1.82, 2.24) is 29.8 Å². The van der Waals surface area contributed by atoms with Crippen LogP contribution in [-0.4, -0.2) is 62.4 Å². The molecule has 1 atom stereocenters. The van der Waals surface area contributed by atoms with E-state index >= 15 is 0 Å². The largest absolute Gasteiger partial charge is 0.383 e. The van der Waals surface area contributed by atoms with E-state index in [0.717, 1.165) is 18.7 Å². The highest BCUT2D eigenvalue weighted by Crippen LogP contribution is 2.23. The van der Waals surface area contributed by atoms with Gasteiger partial charge in [-0.25, -0.2) is 4.79 Å². The molecule has 2 N–H and O–H groups in total. The second-order valence-electron chi connectivity index (χ2n) is 6.07. The van der Waals surface area contributed by atoms with Crippen molar-refractivity contribution < 1.29 is 14.6 Å². The van der Waals surface area contributed by atoms with Crippen LogP contribution in [0.2, 0.25) is 0 Å². The van der Waals surface area contributed by atoms with Crippen LogP contribution in [0.25, 0.3) is 0 Å². The van der Waals surface area contributed by atoms with Gasteiger partial charge in [0.2, 0.25) is 0 Å². The highest BCUT2D eigenvalue weighted by atomic mass is 16.5. The maximum atomic E-state index is 12.3. The fourth-order valence-electron chi connectivity index (χ4n) is 2.97. The fourth-order valence-corrected chi connectivity index (χ4v) is 2.97. The van der Waals surface area contributed by atoms with Crippen molar-refractivity contribution >= 4 is 6.03 Å². The van der Waals surface area contributed by atoms with Crippen molar-refractivity contribution in [2.24, 2.45) is 7.05 Å². The number of nitrogens with one attached hydrogen (secondary N) is 1. The molecule has 0 aromatic carbocycles. The number of methoxy groups -OCH3 is 1. The molecule has 2 aromatic heterocycles. The van der Waals surface area contributed by atoms with Crippen molar-refractivity contribution in [3.05, 3.63) is 35.4 Å². The number of nitrogens with zero attached hydrogens (tertiary/aromatic N) is 5. The van der Waals surface area contributed by atoms with Gasteiger partial charge >= 0.3 is 6.03 Å². The van der Waals surface area contributed by atoms with E-state index in [1.165, 1.54) is 0 Å². The predicted molar refractivity (Wildman–Crippen MR) is 89.8 cm³/mol. The topological polar surface area (TPSA) is 97.4 Å². The van der Waals surface area contributed by atoms with E-state index in [9.17, 15) is 9.90 Å². The van der Waals surface area contributed by atoms with Gasteiger partial charge in [-0.2, -0.15) is 10.2 Å². The number of aromatic nitrogens is 4. The molecule has 9 nitrogen and oxygen atoms in total. The zero-order valence-electron chi connectivity index (χ0n) is 14.6. The summed E-state index contributed by atoms with van der Waals surface area (Å²) in [6.45, 7) is 2.81. The summed E-state index contributed by atoms with van der Waals surface area (Å²) in [6.07, 6.45) is 1.62. The third-order valence-corrected chi connectivity index (χ3v) is 4.32. The van der Waals surface area contributed by atoms with E-state index in [4.69, 9.17) is 4.74 Å². The van der Waals surface area contributed by atoms with E-state index in [-0.39, 0.29) is 6.03 Å². The van der Waals surface area contributed by atoms with E-state index < -0.39 is 6.10 Å². The van der Waals surface area contributed by atoms with Gasteiger partial charge in [-0.3, -0.25) is 9.36 Å². The fraction of sp³-hybridized carbons (Fsp3) is 0.562. The van der Waals surface area contributed by atoms with E-state index in [1.807, 2.05) is 10.7 Å². The minimum Gasteiger partial charge on any atom is -0.383 e. The molecule has 0 saturated heterocycles. The summed E-state index contributed by atoms with van der Waals surface area (Å²) in [6, 6.07) is 3.52. The molecule has 0 spiro atoms. The van der Waals surface area contributed by atoms with Crippen molar-refractivity contribution in [2.75, 3.05) is 26.8 Å². The van der Waals surface area contributed by atoms with Crippen molar-refractivity contribution in [2.45, 2.75) is 25.6 Å². The van der Waals surface area contributed by atoms with Crippen LogP contribution in [0.15, 0.2) is 18.3 Å². The van der Waals surface area contributed by atoms with Gasteiger partial charge < -0.3 is 20.1 Å². The number of amides is 2. The van der Waals surface area contributed by atoms with Crippen LogP contribution in [0.5, 0.6) is 0 Å². The Morgan fingerprint density at radius 2 is 2.32 bits per heavy atom. The molecule has 9 heteroatoms. The number of aliphatic hydroxyl groups excluding tert-OH is 1. The van der Waals surface area contributed by atoms with E-state index in [2.05, 4.69) is 15.5 Å². The first-order valence-corrected chi connectivity index (χ1v) is 8.34. The lowest BCUT2D eigenvalue weighted by molar-refractivity contribution is 0.178. The van der Waals surface area contributed by atoms with Crippen LogP contribution in [0.3, 0.4) is 0 Å². The quantitative estimate of drug-likeness (QED) is 0.756. The number of carbonyl (C=O) groups is 1. The van der Waals surface area contributed by atoms with Crippen molar-refractivity contribution in [3.63, 3.8) is 0 Å². The lowest BCUT2D eigenvalue weighted by atomic mass is 10.2. The van der Waals surface area contributed by atoms with Gasteiger partial charge in [-0.05, 0) is 18.6 Å². The number of aliphatic hydroxyl groups is 1. The van der Waals surface area contributed by atoms with Crippen LogP contribution in [0.1, 0.15) is 29.6 Å². The molecule has 136 valence electrons. The van der Waals surface area contributed by atoms with Crippen LogP contribution < -0.4 is 5.32 Å². The zero-order chi connectivity index (χ0) is 17.8. The summed E-state index contributed by atoms with van der Waals surface area (Å²) in [5, 5.41) is 22.0. The number of urea groups is 1. The number of rotatable bonds is 5. The Labute approximate surface area is 146 Å². The first kappa shape index (κ1) is 17.4. The first-order valence-electron chi connectivity index (χ1n) is 8.34. The highest BCUT2D eigenvalue weighted by Gasteiger charge is 2.24. The normalized spacial score (nSPS) is 15.6. The predicted octanol–water partition coefficient (Wildman–Crippen LogP) is 0.260. The third-order valence-electron chi connectivity index (χ3n) is 4.32. The molecule has 1 aliphatic heterocycles. The van der Waals surface area contributed by atoms with Gasteiger partial charge in [-0.15, -0.1) is 0 Å². The maximum absolute atomic E-state index is 12.3. The summed E-state index contributed by atoms with van der Waals surface area (Å²) < 4.78 is 8.46. The summed E-state index contributed by atoms with van der Waals surface area (Å²) in [5.41, 5.74) is 2.17. The minimum atomic E-state index is -0.837. The molecular weight excluding hydrogens is 324 g/mol.